The Kier molecular flexibility index (Phi) is 15.0. The minimum absolute atomic E-state index is 1.14. The van der Waals surface area contributed by atoms with Crippen LogP contribution in [0.1, 0.15) is 36.1 Å². The minimum atomic E-state index is 1.14. The van der Waals surface area contributed by atoms with Crippen LogP contribution in [0.5, 0.6) is 0 Å². The van der Waals surface area contributed by atoms with E-state index in [1.54, 1.807) is 0 Å². The van der Waals surface area contributed by atoms with E-state index in [1.807, 2.05) is 84.9 Å². The van der Waals surface area contributed by atoms with Crippen molar-refractivity contribution in [1.29, 1.82) is 0 Å². The van der Waals surface area contributed by atoms with E-state index >= 15 is 0 Å². The van der Waals surface area contributed by atoms with E-state index in [-0.39, 0.29) is 0 Å². The van der Waals surface area contributed by atoms with Gasteiger partial charge in [0.15, 0.2) is 0 Å². The van der Waals surface area contributed by atoms with Crippen molar-refractivity contribution in [1.82, 2.24) is 0 Å². The molecule has 0 aliphatic heterocycles. The molecule has 0 saturated carbocycles. The van der Waals surface area contributed by atoms with E-state index in [9.17, 15) is 0 Å². The number of benzene rings is 4. The monoisotopic (exact) mass is 420 g/mol. The second-order valence-corrected chi connectivity index (χ2v) is 6.91. The average molecular weight is 421 g/mol. The highest BCUT2D eigenvalue weighted by Crippen LogP contribution is 1.99. The largest absolute Gasteiger partial charge is 0.0985 e. The molecule has 0 atom stereocenters. The lowest BCUT2D eigenvalue weighted by molar-refractivity contribution is 1.14. The van der Waals surface area contributed by atoms with Gasteiger partial charge in [-0.1, -0.05) is 160 Å². The second kappa shape index (κ2) is 18.2. The van der Waals surface area contributed by atoms with Gasteiger partial charge in [-0.2, -0.15) is 0 Å². The molecule has 0 amide bonds. The molecule has 164 valence electrons. The summed E-state index contributed by atoms with van der Waals surface area (Å²) in [5, 5.41) is 0. The molecule has 0 bridgehead atoms. The molecule has 0 aliphatic carbocycles. The molecule has 0 aliphatic rings. The van der Waals surface area contributed by atoms with Crippen molar-refractivity contribution in [2.75, 3.05) is 0 Å². The van der Waals surface area contributed by atoms with Crippen LogP contribution in [-0.2, 0) is 12.8 Å². The fourth-order valence-electron chi connectivity index (χ4n) is 2.61. The van der Waals surface area contributed by atoms with Gasteiger partial charge in [0.05, 0.1) is 0 Å². The Bertz CT molecular complexity index is 857. The summed E-state index contributed by atoms with van der Waals surface area (Å²) in [6.07, 6.45) is 5.95. The van der Waals surface area contributed by atoms with E-state index < -0.39 is 0 Å². The van der Waals surface area contributed by atoms with Gasteiger partial charge in [0.25, 0.3) is 0 Å². The summed E-state index contributed by atoms with van der Waals surface area (Å²) in [6.45, 7) is 11.6. The molecule has 0 nitrogen and oxygen atoms in total. The van der Waals surface area contributed by atoms with E-state index in [0.717, 1.165) is 12.8 Å². The Hall–Kier alpha value is -3.64. The lowest BCUT2D eigenvalue weighted by Crippen LogP contribution is -1.73. The molecule has 0 spiro atoms. The Balaban J connectivity index is 0.000000213. The maximum atomic E-state index is 3.63. The number of rotatable bonds is 4. The predicted molar refractivity (Wildman–Crippen MR) is 145 cm³/mol. The lowest BCUT2D eigenvalue weighted by atomic mass is 10.2. The van der Waals surface area contributed by atoms with Crippen molar-refractivity contribution >= 4 is 12.2 Å². The van der Waals surface area contributed by atoms with Gasteiger partial charge in [0.2, 0.25) is 0 Å². The molecule has 32 heavy (non-hydrogen) atoms. The first-order valence-corrected chi connectivity index (χ1v) is 11.2. The molecule has 0 aromatic heterocycles. The van der Waals surface area contributed by atoms with Crippen LogP contribution in [0.3, 0.4) is 0 Å². The van der Waals surface area contributed by atoms with E-state index in [1.165, 1.54) is 22.3 Å². The fraction of sp³-hybridized carbons (Fsp3) is 0.125. The third-order valence-electron chi connectivity index (χ3n) is 4.57. The quantitative estimate of drug-likeness (QED) is 0.309. The summed E-state index contributed by atoms with van der Waals surface area (Å²) in [5.41, 5.74) is 5.17. The first kappa shape index (κ1) is 26.4. The van der Waals surface area contributed by atoms with Crippen LogP contribution < -0.4 is 0 Å². The van der Waals surface area contributed by atoms with Crippen LogP contribution in [0.25, 0.3) is 12.2 Å². The minimum Gasteiger partial charge on any atom is -0.0985 e. The second-order valence-electron chi connectivity index (χ2n) is 6.91. The molecule has 0 saturated heterocycles. The van der Waals surface area contributed by atoms with Crippen LogP contribution in [0.4, 0.5) is 0 Å². The summed E-state index contributed by atoms with van der Waals surface area (Å²) < 4.78 is 0. The van der Waals surface area contributed by atoms with Crippen molar-refractivity contribution in [3.63, 3.8) is 0 Å². The van der Waals surface area contributed by atoms with Crippen molar-refractivity contribution < 1.29 is 0 Å². The van der Waals surface area contributed by atoms with E-state index in [0.29, 0.717) is 0 Å². The number of hydrogen-bond acceptors (Lipinski definition) is 0. The van der Waals surface area contributed by atoms with Crippen molar-refractivity contribution in [2.24, 2.45) is 0 Å². The summed E-state index contributed by atoms with van der Waals surface area (Å²) in [4.78, 5) is 0. The molecule has 4 aromatic rings. The first-order valence-electron chi connectivity index (χ1n) is 11.2. The normalized spacial score (nSPS) is 8.81. The molecule has 0 heteroatoms. The predicted octanol–water partition coefficient (Wildman–Crippen LogP) is 9.16. The molecule has 4 aromatic carbocycles. The zero-order valence-corrected chi connectivity index (χ0v) is 19.5. The van der Waals surface area contributed by atoms with Gasteiger partial charge >= 0.3 is 0 Å². The molecule has 4 rings (SSSR count). The standard InChI is InChI=1S/2C8H10.2C8H8/c4*1-2-8-6-4-3-5-7-8/h2*3-7H,2H2,1H3;2*2-7H,1H2. The van der Waals surface area contributed by atoms with Crippen LogP contribution in [0.2, 0.25) is 0 Å². The number of aryl methyl sites for hydroxylation is 2. The van der Waals surface area contributed by atoms with Gasteiger partial charge in [-0.05, 0) is 35.1 Å². The van der Waals surface area contributed by atoms with E-state index in [2.05, 4.69) is 75.5 Å². The highest BCUT2D eigenvalue weighted by molar-refractivity contribution is 5.46. The highest BCUT2D eigenvalue weighted by atomic mass is 13.9. The Morgan fingerprint density at radius 2 is 0.688 bits per heavy atom. The van der Waals surface area contributed by atoms with Crippen molar-refractivity contribution in [3.05, 3.63) is 157 Å². The molecular formula is C32H36. The molecular weight excluding hydrogens is 384 g/mol. The summed E-state index contributed by atoms with van der Waals surface area (Å²) in [7, 11) is 0. The van der Waals surface area contributed by atoms with Crippen LogP contribution in [0, 0.1) is 0 Å². The van der Waals surface area contributed by atoms with Gasteiger partial charge in [-0.15, -0.1) is 0 Å². The Labute approximate surface area is 195 Å². The third-order valence-corrected chi connectivity index (χ3v) is 4.57. The summed E-state index contributed by atoms with van der Waals surface area (Å²) in [5.74, 6) is 0. The Morgan fingerprint density at radius 3 is 0.844 bits per heavy atom. The molecule has 0 unspecified atom stereocenters. The zero-order chi connectivity index (χ0) is 23.3. The number of hydrogen-bond donors (Lipinski definition) is 0. The lowest BCUT2D eigenvalue weighted by Gasteiger charge is -1.89. The zero-order valence-electron chi connectivity index (χ0n) is 19.5. The SMILES string of the molecule is C=Cc1ccccc1.C=Cc1ccccc1.CCc1ccccc1.CCc1ccccc1. The van der Waals surface area contributed by atoms with Gasteiger partial charge in [0.1, 0.15) is 0 Å². The van der Waals surface area contributed by atoms with Gasteiger partial charge in [-0.25, -0.2) is 0 Å². The van der Waals surface area contributed by atoms with Crippen LogP contribution in [0.15, 0.2) is 134 Å². The molecule has 0 radical (unpaired) electrons. The highest BCUT2D eigenvalue weighted by Gasteiger charge is 1.81. The summed E-state index contributed by atoms with van der Waals surface area (Å²) >= 11 is 0. The third kappa shape index (κ3) is 12.8. The first-order chi connectivity index (χ1) is 15.7. The Morgan fingerprint density at radius 1 is 0.438 bits per heavy atom. The van der Waals surface area contributed by atoms with Crippen molar-refractivity contribution in [3.8, 4) is 0 Å². The van der Waals surface area contributed by atoms with Gasteiger partial charge in [0, 0.05) is 0 Å². The molecule has 0 fully saturated rings. The smallest absolute Gasteiger partial charge is 0.0263 e. The van der Waals surface area contributed by atoms with Gasteiger partial charge in [-0.3, -0.25) is 0 Å². The van der Waals surface area contributed by atoms with Gasteiger partial charge < -0.3 is 0 Å². The topological polar surface area (TPSA) is 0 Å². The maximum absolute atomic E-state index is 3.63. The van der Waals surface area contributed by atoms with Crippen LogP contribution >= 0.6 is 0 Å². The molecule has 0 heterocycles. The van der Waals surface area contributed by atoms with Crippen molar-refractivity contribution in [2.45, 2.75) is 26.7 Å². The van der Waals surface area contributed by atoms with E-state index in [4.69, 9.17) is 0 Å². The molecule has 0 N–H and O–H groups in total. The maximum Gasteiger partial charge on any atom is -0.0263 e. The van der Waals surface area contributed by atoms with Crippen LogP contribution in [-0.4, -0.2) is 0 Å². The average Bonchev–Trinajstić information content (AvgIpc) is 2.91. The fourth-order valence-corrected chi connectivity index (χ4v) is 2.61. The summed E-state index contributed by atoms with van der Waals surface area (Å²) in [6, 6.07) is 41.0.